The topological polar surface area (TPSA) is 24.7 Å². The molecule has 0 fully saturated rings. The molecule has 0 spiro atoms. The summed E-state index contributed by atoms with van der Waals surface area (Å²) in [6.45, 7) is 0. The molecule has 54 valence electrons. The van der Waals surface area contributed by atoms with Crippen molar-refractivity contribution in [1.29, 1.82) is 0 Å². The van der Waals surface area contributed by atoms with Gasteiger partial charge in [-0.2, -0.15) is 10.2 Å². The Bertz CT molecular complexity index is 175. The van der Waals surface area contributed by atoms with Crippen LogP contribution in [0.4, 0.5) is 0 Å². The molecule has 1 aliphatic rings. The number of hydrogen-bond acceptors (Lipinski definition) is 2. The van der Waals surface area contributed by atoms with E-state index in [4.69, 9.17) is 6.42 Å². The van der Waals surface area contributed by atoms with Crippen LogP contribution in [0.25, 0.3) is 0 Å². The zero-order chi connectivity index (χ0) is 7.45. The Morgan fingerprint density at radius 2 is 2.10 bits per heavy atom. The van der Waals surface area contributed by atoms with Gasteiger partial charge in [0.15, 0.2) is 5.66 Å². The van der Waals surface area contributed by atoms with Crippen LogP contribution in [0.2, 0.25) is 0 Å². The van der Waals surface area contributed by atoms with E-state index in [0.29, 0.717) is 0 Å². The van der Waals surface area contributed by atoms with Crippen molar-refractivity contribution in [3.05, 3.63) is 0 Å². The van der Waals surface area contributed by atoms with Crippen molar-refractivity contribution >= 4 is 22.6 Å². The van der Waals surface area contributed by atoms with E-state index in [-0.39, 0.29) is 5.66 Å². The maximum absolute atomic E-state index is 5.12. The van der Waals surface area contributed by atoms with Gasteiger partial charge in [0.1, 0.15) is 0 Å². The van der Waals surface area contributed by atoms with Crippen LogP contribution in [0.15, 0.2) is 10.2 Å². The molecule has 0 saturated carbocycles. The number of hydrogen-bond donors (Lipinski definition) is 0. The van der Waals surface area contributed by atoms with Crippen molar-refractivity contribution in [3.8, 4) is 12.3 Å². The molecule has 1 aliphatic heterocycles. The minimum Gasteiger partial charge on any atom is -0.159 e. The zero-order valence-corrected chi connectivity index (χ0v) is 7.84. The summed E-state index contributed by atoms with van der Waals surface area (Å²) in [6, 6.07) is 0. The van der Waals surface area contributed by atoms with Crippen LogP contribution in [-0.2, 0) is 0 Å². The van der Waals surface area contributed by atoms with E-state index in [2.05, 4.69) is 38.7 Å². The van der Waals surface area contributed by atoms with E-state index in [9.17, 15) is 0 Å². The van der Waals surface area contributed by atoms with Crippen LogP contribution in [0.3, 0.4) is 0 Å². The fourth-order valence-electron chi connectivity index (χ4n) is 0.819. The highest BCUT2D eigenvalue weighted by atomic mass is 127. The molecule has 1 heterocycles. The Kier molecular flexibility index (Phi) is 2.66. The summed E-state index contributed by atoms with van der Waals surface area (Å²) in [5.41, 5.74) is -0.0481. The van der Waals surface area contributed by atoms with Gasteiger partial charge in [0.25, 0.3) is 0 Å². The largest absolute Gasteiger partial charge is 0.192 e. The van der Waals surface area contributed by atoms with Gasteiger partial charge in [-0.15, -0.1) is 12.3 Å². The smallest absolute Gasteiger partial charge is 0.159 e. The number of terminal acetylenes is 1. The summed E-state index contributed by atoms with van der Waals surface area (Å²) in [6.07, 6.45) is 7.91. The molecule has 0 unspecified atom stereocenters. The third kappa shape index (κ3) is 1.94. The first kappa shape index (κ1) is 7.99. The normalized spacial score (nSPS) is 18.4. The van der Waals surface area contributed by atoms with Crippen molar-refractivity contribution in [2.75, 3.05) is 4.43 Å². The molecule has 3 heteroatoms. The fraction of sp³-hybridized carbons (Fsp3) is 0.714. The maximum Gasteiger partial charge on any atom is 0.192 e. The van der Waals surface area contributed by atoms with Crippen LogP contribution < -0.4 is 0 Å². The average Bonchev–Trinajstić information content (AvgIpc) is 2.67. The Hall–Kier alpha value is -0.110. The monoisotopic (exact) mass is 248 g/mol. The second-order valence-electron chi connectivity index (χ2n) is 2.33. The Balaban J connectivity index is 2.19. The number of rotatable bonds is 4. The molecular weight excluding hydrogens is 239 g/mol. The van der Waals surface area contributed by atoms with E-state index in [1.54, 1.807) is 0 Å². The SMILES string of the molecule is C#CCCC1(CCI)N=N1. The summed E-state index contributed by atoms with van der Waals surface area (Å²) >= 11 is 2.33. The van der Waals surface area contributed by atoms with Crippen molar-refractivity contribution in [2.45, 2.75) is 24.9 Å². The predicted molar refractivity (Wildman–Crippen MR) is 49.2 cm³/mol. The molecule has 1 rings (SSSR count). The maximum atomic E-state index is 5.12. The highest BCUT2D eigenvalue weighted by molar-refractivity contribution is 14.1. The molecule has 0 bridgehead atoms. The molecular formula is C7H9IN2. The van der Waals surface area contributed by atoms with Gasteiger partial charge in [-0.3, -0.25) is 0 Å². The fourth-order valence-corrected chi connectivity index (χ4v) is 1.68. The lowest BCUT2D eigenvalue weighted by Gasteiger charge is -2.03. The lowest BCUT2D eigenvalue weighted by atomic mass is 10.1. The average molecular weight is 248 g/mol. The second kappa shape index (κ2) is 3.33. The highest BCUT2D eigenvalue weighted by Gasteiger charge is 2.37. The Morgan fingerprint density at radius 3 is 2.50 bits per heavy atom. The number of halogens is 1. The van der Waals surface area contributed by atoms with Gasteiger partial charge in [-0.1, -0.05) is 22.6 Å². The van der Waals surface area contributed by atoms with Crippen LogP contribution in [0.1, 0.15) is 19.3 Å². The zero-order valence-electron chi connectivity index (χ0n) is 5.68. The van der Waals surface area contributed by atoms with Crippen molar-refractivity contribution < 1.29 is 0 Å². The molecule has 2 nitrogen and oxygen atoms in total. The first-order valence-corrected chi connectivity index (χ1v) is 4.79. The van der Waals surface area contributed by atoms with Gasteiger partial charge < -0.3 is 0 Å². The first-order chi connectivity index (χ1) is 4.83. The minimum atomic E-state index is -0.0481. The molecule has 0 aromatic carbocycles. The first-order valence-electron chi connectivity index (χ1n) is 3.26. The third-order valence-corrected chi connectivity index (χ3v) is 2.09. The second-order valence-corrected chi connectivity index (χ2v) is 3.40. The van der Waals surface area contributed by atoms with Crippen LogP contribution in [-0.4, -0.2) is 10.1 Å². The molecule has 0 N–H and O–H groups in total. The van der Waals surface area contributed by atoms with Crippen molar-refractivity contribution in [2.24, 2.45) is 10.2 Å². The molecule has 10 heavy (non-hydrogen) atoms. The van der Waals surface area contributed by atoms with Gasteiger partial charge in [-0.25, -0.2) is 0 Å². The van der Waals surface area contributed by atoms with Gasteiger partial charge in [0, 0.05) is 23.7 Å². The van der Waals surface area contributed by atoms with Gasteiger partial charge in [0.2, 0.25) is 0 Å². The summed E-state index contributed by atoms with van der Waals surface area (Å²) in [5, 5.41) is 7.97. The minimum absolute atomic E-state index is 0.0481. The summed E-state index contributed by atoms with van der Waals surface area (Å²) < 4.78 is 1.11. The number of nitrogens with zero attached hydrogens (tertiary/aromatic N) is 2. The molecule has 0 amide bonds. The standard InChI is InChI=1S/C7H9IN2/c1-2-3-4-7(5-6-8)9-10-7/h1H,3-6H2. The van der Waals surface area contributed by atoms with E-state index in [1.807, 2.05) is 0 Å². The molecule has 0 aromatic heterocycles. The van der Waals surface area contributed by atoms with Crippen molar-refractivity contribution in [1.82, 2.24) is 0 Å². The Labute approximate surface area is 74.6 Å². The summed E-state index contributed by atoms with van der Waals surface area (Å²) in [7, 11) is 0. The lowest BCUT2D eigenvalue weighted by molar-refractivity contribution is 0.547. The quantitative estimate of drug-likeness (QED) is 0.414. The molecule has 0 aliphatic carbocycles. The van der Waals surface area contributed by atoms with E-state index < -0.39 is 0 Å². The van der Waals surface area contributed by atoms with E-state index in [1.165, 1.54) is 0 Å². The van der Waals surface area contributed by atoms with Crippen molar-refractivity contribution in [3.63, 3.8) is 0 Å². The highest BCUT2D eigenvalue weighted by Crippen LogP contribution is 2.36. The summed E-state index contributed by atoms with van der Waals surface area (Å²) in [5.74, 6) is 2.60. The Morgan fingerprint density at radius 1 is 1.40 bits per heavy atom. The molecule has 0 atom stereocenters. The van der Waals surface area contributed by atoms with E-state index in [0.717, 1.165) is 23.7 Å². The summed E-state index contributed by atoms with van der Waals surface area (Å²) in [4.78, 5) is 0. The predicted octanol–water partition coefficient (Wildman–Crippen LogP) is 2.39. The van der Waals surface area contributed by atoms with E-state index >= 15 is 0 Å². The van der Waals surface area contributed by atoms with Crippen LogP contribution in [0.5, 0.6) is 0 Å². The molecule has 0 radical (unpaired) electrons. The van der Waals surface area contributed by atoms with Gasteiger partial charge >= 0.3 is 0 Å². The van der Waals surface area contributed by atoms with Crippen LogP contribution >= 0.6 is 22.6 Å². The van der Waals surface area contributed by atoms with Crippen LogP contribution in [0, 0.1) is 12.3 Å². The lowest BCUT2D eigenvalue weighted by Crippen LogP contribution is -2.10. The molecule has 0 saturated heterocycles. The third-order valence-electron chi connectivity index (χ3n) is 1.55. The van der Waals surface area contributed by atoms with Gasteiger partial charge in [0.05, 0.1) is 0 Å². The van der Waals surface area contributed by atoms with Gasteiger partial charge in [-0.05, 0) is 0 Å². The number of alkyl halides is 1. The molecule has 0 aromatic rings.